The number of hydrazine groups is 1. The third kappa shape index (κ3) is 3.82. The van der Waals surface area contributed by atoms with Gasteiger partial charge in [0.05, 0.1) is 11.7 Å². The topological polar surface area (TPSA) is 69.3 Å². The highest BCUT2D eigenvalue weighted by Gasteiger charge is 2.44. The second kappa shape index (κ2) is 8.52. The number of nitrogens with one attached hydrogen (secondary N) is 2. The van der Waals surface area contributed by atoms with Gasteiger partial charge in [0.2, 0.25) is 5.91 Å². The smallest absolute Gasteiger partial charge is 0.228 e. The van der Waals surface area contributed by atoms with Gasteiger partial charge in [-0.3, -0.25) is 10.2 Å². The second-order valence-corrected chi connectivity index (χ2v) is 9.43. The Bertz CT molecular complexity index is 1020. The van der Waals surface area contributed by atoms with Gasteiger partial charge in [-0.05, 0) is 36.9 Å². The number of hydrogen-bond acceptors (Lipinski definition) is 7. The van der Waals surface area contributed by atoms with Crippen LogP contribution >= 0.6 is 0 Å². The fourth-order valence-electron chi connectivity index (χ4n) is 5.48. The van der Waals surface area contributed by atoms with Crippen molar-refractivity contribution in [3.05, 3.63) is 48.0 Å². The molecule has 3 atom stereocenters. The molecular weight excluding hydrogens is 418 g/mol. The Morgan fingerprint density at radius 3 is 2.55 bits per heavy atom. The van der Waals surface area contributed by atoms with E-state index < -0.39 is 0 Å². The van der Waals surface area contributed by atoms with Crippen LogP contribution in [0.4, 0.5) is 11.4 Å². The number of carbonyl (C=O) groups excluding carboxylic acids is 1. The SMILES string of the molecule is CN1CCN(c2ccc(C3NNC4CC(=O)N(c5cccc6c5OCCO6)CC43)cc2)CC1. The minimum atomic E-state index is 0.110. The van der Waals surface area contributed by atoms with Crippen molar-refractivity contribution in [2.24, 2.45) is 5.92 Å². The van der Waals surface area contributed by atoms with Gasteiger partial charge in [-0.1, -0.05) is 18.2 Å². The van der Waals surface area contributed by atoms with Crippen molar-refractivity contribution >= 4 is 17.3 Å². The van der Waals surface area contributed by atoms with Gasteiger partial charge in [0.15, 0.2) is 11.5 Å². The summed E-state index contributed by atoms with van der Waals surface area (Å²) >= 11 is 0. The molecule has 8 heteroatoms. The summed E-state index contributed by atoms with van der Waals surface area (Å²) in [6.45, 7) is 6.00. The number of hydrogen-bond donors (Lipinski definition) is 2. The lowest BCUT2D eigenvalue weighted by molar-refractivity contribution is -0.120. The fourth-order valence-corrected chi connectivity index (χ4v) is 5.48. The van der Waals surface area contributed by atoms with Crippen molar-refractivity contribution < 1.29 is 14.3 Å². The van der Waals surface area contributed by atoms with Gasteiger partial charge in [-0.2, -0.15) is 0 Å². The van der Waals surface area contributed by atoms with Crippen molar-refractivity contribution in [1.29, 1.82) is 0 Å². The molecule has 0 aliphatic carbocycles. The Morgan fingerprint density at radius 1 is 0.939 bits per heavy atom. The van der Waals surface area contributed by atoms with Crippen molar-refractivity contribution in [3.8, 4) is 11.5 Å². The molecule has 4 aliphatic rings. The third-order valence-corrected chi connectivity index (χ3v) is 7.42. The number of likely N-dealkylation sites (N-methyl/N-ethyl adjacent to an activating group) is 1. The molecule has 8 nitrogen and oxygen atoms in total. The van der Waals surface area contributed by atoms with Crippen LogP contribution in [0.3, 0.4) is 0 Å². The first-order valence-corrected chi connectivity index (χ1v) is 11.9. The van der Waals surface area contributed by atoms with Crippen molar-refractivity contribution in [3.63, 3.8) is 0 Å². The number of piperazine rings is 1. The molecule has 3 fully saturated rings. The van der Waals surface area contributed by atoms with E-state index in [1.165, 1.54) is 11.3 Å². The number of piperidine rings is 1. The van der Waals surface area contributed by atoms with E-state index in [0.29, 0.717) is 37.7 Å². The molecule has 3 saturated heterocycles. The highest BCUT2D eigenvalue weighted by molar-refractivity contribution is 5.96. The number of rotatable bonds is 3. The third-order valence-electron chi connectivity index (χ3n) is 7.42. The van der Waals surface area contributed by atoms with E-state index in [0.717, 1.165) is 31.9 Å². The van der Waals surface area contributed by atoms with Gasteiger partial charge < -0.3 is 24.2 Å². The molecule has 0 aromatic heterocycles. The molecule has 4 heterocycles. The number of benzene rings is 2. The summed E-state index contributed by atoms with van der Waals surface area (Å²) in [5, 5.41) is 0. The summed E-state index contributed by atoms with van der Waals surface area (Å²) in [4.78, 5) is 19.8. The van der Waals surface area contributed by atoms with Crippen LogP contribution in [0.5, 0.6) is 11.5 Å². The maximum atomic E-state index is 13.1. The van der Waals surface area contributed by atoms with Crippen molar-refractivity contribution in [2.45, 2.75) is 18.5 Å². The number of ether oxygens (including phenoxy) is 2. The summed E-state index contributed by atoms with van der Waals surface area (Å²) in [5.41, 5.74) is 10.2. The Hall–Kier alpha value is -2.81. The average molecular weight is 450 g/mol. The zero-order chi connectivity index (χ0) is 22.4. The van der Waals surface area contributed by atoms with E-state index in [9.17, 15) is 4.79 Å². The first kappa shape index (κ1) is 20.8. The van der Waals surface area contributed by atoms with Crippen molar-refractivity contribution in [1.82, 2.24) is 15.8 Å². The highest BCUT2D eigenvalue weighted by atomic mass is 16.6. The summed E-state index contributed by atoms with van der Waals surface area (Å²) in [7, 11) is 2.18. The second-order valence-electron chi connectivity index (χ2n) is 9.43. The first-order valence-electron chi connectivity index (χ1n) is 11.9. The van der Waals surface area contributed by atoms with E-state index >= 15 is 0 Å². The van der Waals surface area contributed by atoms with Gasteiger partial charge in [0.25, 0.3) is 0 Å². The lowest BCUT2D eigenvalue weighted by Gasteiger charge is -2.37. The molecule has 3 unspecified atom stereocenters. The minimum Gasteiger partial charge on any atom is -0.486 e. The van der Waals surface area contributed by atoms with Crippen LogP contribution in [0.25, 0.3) is 0 Å². The van der Waals surface area contributed by atoms with Crippen LogP contribution in [-0.4, -0.2) is 69.8 Å². The van der Waals surface area contributed by atoms with E-state index in [2.05, 4.69) is 52.0 Å². The molecule has 174 valence electrons. The predicted molar refractivity (Wildman–Crippen MR) is 127 cm³/mol. The number of nitrogens with zero attached hydrogens (tertiary/aromatic N) is 3. The molecule has 2 aromatic carbocycles. The molecule has 1 amide bonds. The molecular formula is C25H31N5O3. The van der Waals surface area contributed by atoms with E-state index in [4.69, 9.17) is 9.47 Å². The molecule has 2 aromatic rings. The van der Waals surface area contributed by atoms with Crippen LogP contribution in [0.15, 0.2) is 42.5 Å². The lowest BCUT2D eigenvalue weighted by Crippen LogP contribution is -2.49. The van der Waals surface area contributed by atoms with E-state index in [1.807, 2.05) is 23.1 Å². The molecule has 33 heavy (non-hydrogen) atoms. The zero-order valence-corrected chi connectivity index (χ0v) is 19.0. The average Bonchev–Trinajstić information content (AvgIpc) is 3.26. The van der Waals surface area contributed by atoms with E-state index in [-0.39, 0.29) is 23.9 Å². The van der Waals surface area contributed by atoms with Crippen LogP contribution in [0.1, 0.15) is 18.0 Å². The highest BCUT2D eigenvalue weighted by Crippen LogP contribution is 2.43. The van der Waals surface area contributed by atoms with Gasteiger partial charge >= 0.3 is 0 Å². The predicted octanol–water partition coefficient (Wildman–Crippen LogP) is 1.78. The number of fused-ring (bicyclic) bond motifs is 2. The van der Waals surface area contributed by atoms with Crippen molar-refractivity contribution in [2.75, 3.05) is 62.8 Å². The van der Waals surface area contributed by atoms with Gasteiger partial charge in [-0.15, -0.1) is 0 Å². The monoisotopic (exact) mass is 449 g/mol. The molecule has 6 rings (SSSR count). The number of anilines is 2. The Kier molecular flexibility index (Phi) is 5.36. The van der Waals surface area contributed by atoms with Crippen LogP contribution < -0.4 is 30.1 Å². The lowest BCUT2D eigenvalue weighted by atomic mass is 9.84. The van der Waals surface area contributed by atoms with Gasteiger partial charge in [0, 0.05) is 56.8 Å². The molecule has 4 aliphatic heterocycles. The molecule has 0 bridgehead atoms. The summed E-state index contributed by atoms with van der Waals surface area (Å²) < 4.78 is 11.6. The molecule has 2 N–H and O–H groups in total. The van der Waals surface area contributed by atoms with Gasteiger partial charge in [-0.25, -0.2) is 5.43 Å². The fraction of sp³-hybridized carbons (Fsp3) is 0.480. The first-order chi connectivity index (χ1) is 16.2. The van der Waals surface area contributed by atoms with Crippen LogP contribution in [0, 0.1) is 5.92 Å². The molecule has 0 radical (unpaired) electrons. The number of amides is 1. The zero-order valence-electron chi connectivity index (χ0n) is 19.0. The van der Waals surface area contributed by atoms with Gasteiger partial charge in [0.1, 0.15) is 13.2 Å². The maximum absolute atomic E-state index is 13.1. The Balaban J connectivity index is 1.22. The summed E-state index contributed by atoms with van der Waals surface area (Å²) in [6, 6.07) is 15.0. The van der Waals surface area contributed by atoms with Crippen LogP contribution in [-0.2, 0) is 4.79 Å². The summed E-state index contributed by atoms with van der Waals surface area (Å²) in [6.07, 6.45) is 0.456. The molecule has 0 spiro atoms. The minimum absolute atomic E-state index is 0.110. The number of carbonyl (C=O) groups is 1. The normalized spacial score (nSPS) is 27.5. The maximum Gasteiger partial charge on any atom is 0.228 e. The quantitative estimate of drug-likeness (QED) is 0.740. The largest absolute Gasteiger partial charge is 0.486 e. The van der Waals surface area contributed by atoms with Crippen LogP contribution in [0.2, 0.25) is 0 Å². The Labute approximate surface area is 194 Å². The Morgan fingerprint density at radius 2 is 1.73 bits per heavy atom. The summed E-state index contributed by atoms with van der Waals surface area (Å²) in [5.74, 6) is 1.77. The standard InChI is InChI=1S/C25H31N5O3/c1-28-9-11-29(12-10-28)18-7-5-17(6-8-18)24-19-16-30(23(31)15-20(19)26-27-24)21-3-2-4-22-25(21)33-14-13-32-22/h2-8,19-20,24,26-27H,9-16H2,1H3. The number of para-hydroxylation sites is 1. The van der Waals surface area contributed by atoms with E-state index in [1.54, 1.807) is 0 Å². The molecule has 0 saturated carbocycles.